The van der Waals surface area contributed by atoms with Crippen LogP contribution in [0.4, 0.5) is 36.4 Å². The van der Waals surface area contributed by atoms with Crippen LogP contribution in [0, 0.1) is 11.7 Å². The molecule has 11 nitrogen and oxygen atoms in total. The van der Waals surface area contributed by atoms with Crippen molar-refractivity contribution in [3.8, 4) is 0 Å². The number of alkyl halides is 6. The SMILES string of the molecule is CC(C)[C@H](C(=O)N1CCC2(CC1)C(=O)N(C)CN2c1ccc2nccn2c1)N(OC(=O)C(F)(F)F)C(=O)c1cc(C(F)(F)F)ccc1F. The lowest BCUT2D eigenvalue weighted by Gasteiger charge is -2.44. The Balaban J connectivity index is 1.45. The lowest BCUT2D eigenvalue weighted by molar-refractivity contribution is -0.236. The number of hydrogen-bond acceptors (Lipinski definition) is 7. The van der Waals surface area contributed by atoms with E-state index in [-0.39, 0.29) is 55.7 Å². The van der Waals surface area contributed by atoms with Crippen LogP contribution in [0.1, 0.15) is 42.6 Å². The van der Waals surface area contributed by atoms with Crippen LogP contribution in [0.3, 0.4) is 0 Å². The Kier molecular flexibility index (Phi) is 8.81. The van der Waals surface area contributed by atoms with Crippen molar-refractivity contribution < 1.29 is 54.7 Å². The highest BCUT2D eigenvalue weighted by atomic mass is 19.4. The predicted molar refractivity (Wildman–Crippen MR) is 152 cm³/mol. The molecule has 3 amide bonds. The van der Waals surface area contributed by atoms with Crippen LogP contribution in [-0.2, 0) is 25.4 Å². The molecular weight excluding hydrogens is 657 g/mol. The number of carbonyl (C=O) groups is 4. The Labute approximate surface area is 268 Å². The Bertz CT molecular complexity index is 1750. The fourth-order valence-electron chi connectivity index (χ4n) is 6.05. The molecule has 0 saturated carbocycles. The number of likely N-dealkylation sites (tertiary alicyclic amines) is 1. The zero-order valence-corrected chi connectivity index (χ0v) is 25.7. The molecule has 0 bridgehead atoms. The number of benzene rings is 1. The number of rotatable bonds is 5. The lowest BCUT2D eigenvalue weighted by atomic mass is 9.85. The summed E-state index contributed by atoms with van der Waals surface area (Å²) in [6.07, 6.45) is -5.55. The van der Waals surface area contributed by atoms with E-state index in [0.717, 1.165) is 4.90 Å². The number of likely N-dealkylation sites (N-methyl/N-ethyl adjacent to an activating group) is 1. The standard InChI is InChI=1S/C30H29F7N6O5/c1-17(2)23(43(48-27(47)30(35,36)37)24(44)20-14-18(29(32,33)34)4-6-21(20)31)25(45)40-11-8-28(9-12-40)26(46)39(3)16-42(28)19-5-7-22-38-10-13-41(22)15-19/h4-7,10,13-15,17,23H,8-9,11-12,16H2,1-3H3/t23-/m1/s1. The van der Waals surface area contributed by atoms with Crippen LogP contribution in [-0.4, -0.2) is 92.5 Å². The van der Waals surface area contributed by atoms with Gasteiger partial charge in [-0.3, -0.25) is 14.4 Å². The number of amides is 3. The predicted octanol–water partition coefficient (Wildman–Crippen LogP) is 4.28. The number of imidazole rings is 1. The van der Waals surface area contributed by atoms with Gasteiger partial charge < -0.3 is 23.9 Å². The van der Waals surface area contributed by atoms with E-state index in [1.54, 1.807) is 42.2 Å². The Morgan fingerprint density at radius 2 is 1.69 bits per heavy atom. The zero-order valence-electron chi connectivity index (χ0n) is 25.7. The third-order valence-electron chi connectivity index (χ3n) is 8.48. The maximum atomic E-state index is 14.7. The van der Waals surface area contributed by atoms with Crippen LogP contribution in [0.5, 0.6) is 0 Å². The maximum absolute atomic E-state index is 14.7. The first kappa shape index (κ1) is 34.4. The largest absolute Gasteiger partial charge is 0.493 e. The molecule has 1 atom stereocenters. The number of nitrogens with zero attached hydrogens (tertiary/aromatic N) is 6. The Morgan fingerprint density at radius 1 is 1.02 bits per heavy atom. The molecule has 0 radical (unpaired) electrons. The molecule has 3 aromatic rings. The highest BCUT2D eigenvalue weighted by molar-refractivity contribution is 5.98. The number of carbonyl (C=O) groups excluding carboxylic acids is 4. The van der Waals surface area contributed by atoms with Crippen molar-refractivity contribution in [2.45, 2.75) is 50.6 Å². The number of halogens is 7. The van der Waals surface area contributed by atoms with Gasteiger partial charge in [-0.1, -0.05) is 13.8 Å². The van der Waals surface area contributed by atoms with E-state index in [0.29, 0.717) is 17.4 Å². The number of aromatic nitrogens is 2. The molecule has 2 aliphatic rings. The fraction of sp³-hybridized carbons (Fsp3) is 0.433. The number of hydroxylamine groups is 2. The van der Waals surface area contributed by atoms with Gasteiger partial charge in [0.25, 0.3) is 5.91 Å². The van der Waals surface area contributed by atoms with Crippen molar-refractivity contribution in [2.75, 3.05) is 31.7 Å². The van der Waals surface area contributed by atoms with Gasteiger partial charge in [-0.05, 0) is 49.1 Å². The van der Waals surface area contributed by atoms with Gasteiger partial charge in [-0.15, -0.1) is 0 Å². The van der Waals surface area contributed by atoms with E-state index in [1.165, 1.54) is 18.7 Å². The van der Waals surface area contributed by atoms with E-state index in [9.17, 15) is 49.9 Å². The van der Waals surface area contributed by atoms with Gasteiger partial charge in [0.1, 0.15) is 17.0 Å². The molecule has 1 aromatic carbocycles. The van der Waals surface area contributed by atoms with Crippen LogP contribution in [0.25, 0.3) is 5.65 Å². The van der Waals surface area contributed by atoms with E-state index >= 15 is 0 Å². The van der Waals surface area contributed by atoms with Gasteiger partial charge in [-0.2, -0.15) is 31.4 Å². The molecule has 2 aromatic heterocycles. The van der Waals surface area contributed by atoms with Gasteiger partial charge in [0.15, 0.2) is 6.04 Å². The average molecular weight is 687 g/mol. The van der Waals surface area contributed by atoms with Crippen LogP contribution >= 0.6 is 0 Å². The van der Waals surface area contributed by atoms with Crippen molar-refractivity contribution >= 4 is 35.0 Å². The van der Waals surface area contributed by atoms with Gasteiger partial charge >= 0.3 is 18.3 Å². The smallest absolute Gasteiger partial charge is 0.341 e. The minimum Gasteiger partial charge on any atom is -0.341 e. The van der Waals surface area contributed by atoms with Crippen molar-refractivity contribution in [2.24, 2.45) is 5.92 Å². The second-order valence-electron chi connectivity index (χ2n) is 11.9. The molecule has 2 aliphatic heterocycles. The first-order valence-corrected chi connectivity index (χ1v) is 14.6. The quantitative estimate of drug-likeness (QED) is 0.292. The average Bonchev–Trinajstić information content (AvgIpc) is 3.58. The number of fused-ring (bicyclic) bond motifs is 1. The lowest BCUT2D eigenvalue weighted by Crippen LogP contribution is -2.61. The molecule has 0 unspecified atom stereocenters. The number of hydrogen-bond donors (Lipinski definition) is 0. The summed E-state index contributed by atoms with van der Waals surface area (Å²) < 4.78 is 96.5. The second kappa shape index (κ2) is 12.3. The Morgan fingerprint density at radius 3 is 2.29 bits per heavy atom. The van der Waals surface area contributed by atoms with Gasteiger partial charge in [0, 0.05) is 38.7 Å². The van der Waals surface area contributed by atoms with Crippen molar-refractivity contribution in [1.82, 2.24) is 24.2 Å². The summed E-state index contributed by atoms with van der Waals surface area (Å²) in [5.74, 6) is -8.79. The first-order chi connectivity index (χ1) is 22.3. The molecule has 2 saturated heterocycles. The van der Waals surface area contributed by atoms with Crippen LogP contribution < -0.4 is 4.90 Å². The van der Waals surface area contributed by atoms with E-state index in [2.05, 4.69) is 9.82 Å². The zero-order chi connectivity index (χ0) is 35.3. The van der Waals surface area contributed by atoms with Gasteiger partial charge in [-0.25, -0.2) is 14.2 Å². The molecular formula is C30H29F7N6O5. The minimum absolute atomic E-state index is 0.0488. The molecule has 2 fully saturated rings. The molecule has 258 valence electrons. The molecule has 0 aliphatic carbocycles. The van der Waals surface area contributed by atoms with Crippen LogP contribution in [0.15, 0.2) is 48.9 Å². The second-order valence-corrected chi connectivity index (χ2v) is 11.9. The molecule has 4 heterocycles. The van der Waals surface area contributed by atoms with E-state index < -0.39 is 64.6 Å². The topological polar surface area (TPSA) is 108 Å². The number of piperidine rings is 1. The summed E-state index contributed by atoms with van der Waals surface area (Å²) in [7, 11) is 1.61. The number of pyridine rings is 1. The van der Waals surface area contributed by atoms with Gasteiger partial charge in [0.2, 0.25) is 11.8 Å². The monoisotopic (exact) mass is 686 g/mol. The number of anilines is 1. The molecule has 18 heteroatoms. The van der Waals surface area contributed by atoms with Crippen molar-refractivity contribution in [1.29, 1.82) is 0 Å². The maximum Gasteiger partial charge on any atom is 0.493 e. The van der Waals surface area contributed by atoms with E-state index in [1.807, 2.05) is 4.90 Å². The highest BCUT2D eigenvalue weighted by Gasteiger charge is 2.54. The minimum atomic E-state index is -5.69. The highest BCUT2D eigenvalue weighted by Crippen LogP contribution is 2.40. The third-order valence-corrected chi connectivity index (χ3v) is 8.48. The third kappa shape index (κ3) is 6.22. The fourth-order valence-corrected chi connectivity index (χ4v) is 6.05. The van der Waals surface area contributed by atoms with Crippen LogP contribution in [0.2, 0.25) is 0 Å². The first-order valence-electron chi connectivity index (χ1n) is 14.6. The summed E-state index contributed by atoms with van der Waals surface area (Å²) in [5.41, 5.74) is -2.65. The summed E-state index contributed by atoms with van der Waals surface area (Å²) in [4.78, 5) is 65.9. The Hall–Kier alpha value is -4.90. The summed E-state index contributed by atoms with van der Waals surface area (Å²) in [6.45, 7) is 2.51. The van der Waals surface area contributed by atoms with Crippen molar-refractivity contribution in [3.63, 3.8) is 0 Å². The molecule has 1 spiro atoms. The molecule has 48 heavy (non-hydrogen) atoms. The molecule has 0 N–H and O–H groups in total. The summed E-state index contributed by atoms with van der Waals surface area (Å²) in [5, 5.41) is -0.313. The van der Waals surface area contributed by atoms with E-state index in [4.69, 9.17) is 0 Å². The summed E-state index contributed by atoms with van der Waals surface area (Å²) in [6, 6.07) is 2.17. The van der Waals surface area contributed by atoms with Gasteiger partial charge in [0.05, 0.1) is 23.5 Å². The summed E-state index contributed by atoms with van der Waals surface area (Å²) >= 11 is 0. The molecule has 5 rings (SSSR count). The normalized spacial score (nSPS) is 17.4. The van der Waals surface area contributed by atoms with Crippen molar-refractivity contribution in [3.05, 3.63) is 65.9 Å².